The van der Waals surface area contributed by atoms with Crippen molar-refractivity contribution in [2.75, 3.05) is 19.0 Å². The van der Waals surface area contributed by atoms with E-state index in [-0.39, 0.29) is 0 Å². The number of pyridine rings is 1. The molecule has 118 valence electrons. The third kappa shape index (κ3) is 3.14. The summed E-state index contributed by atoms with van der Waals surface area (Å²) >= 11 is 0. The van der Waals surface area contributed by atoms with Gasteiger partial charge in [0.25, 0.3) is 5.91 Å². The average molecular weight is 311 g/mol. The second-order valence-corrected chi connectivity index (χ2v) is 5.02. The molecule has 2 heterocycles. The average Bonchev–Trinajstić information content (AvgIpc) is 2.95. The Bertz CT molecular complexity index is 843. The van der Waals surface area contributed by atoms with Crippen LogP contribution in [0.3, 0.4) is 0 Å². The standard InChI is InChI=1S/C16H17N5O2/c1-23-8-7-21-14-5-4-12(9-11(14)10-19-21)20-16-13(15(17)22)3-2-6-18-16/h2-6,9-10H,7-8H2,1H3,(H2,17,22)(H,18,20). The summed E-state index contributed by atoms with van der Waals surface area (Å²) in [5.41, 5.74) is 7.54. The minimum atomic E-state index is -0.519. The van der Waals surface area contributed by atoms with E-state index in [4.69, 9.17) is 10.5 Å². The molecule has 7 heteroatoms. The van der Waals surface area contributed by atoms with Gasteiger partial charge in [0.2, 0.25) is 0 Å². The Morgan fingerprint density at radius 3 is 3.04 bits per heavy atom. The highest BCUT2D eigenvalue weighted by atomic mass is 16.5. The van der Waals surface area contributed by atoms with Crippen molar-refractivity contribution in [1.29, 1.82) is 0 Å². The van der Waals surface area contributed by atoms with Crippen LogP contribution in [-0.2, 0) is 11.3 Å². The Balaban J connectivity index is 1.89. The monoisotopic (exact) mass is 311 g/mol. The van der Waals surface area contributed by atoms with Crippen molar-refractivity contribution in [3.63, 3.8) is 0 Å². The SMILES string of the molecule is COCCn1ncc2cc(Nc3ncccc3C(N)=O)ccc21. The van der Waals surface area contributed by atoms with E-state index in [1.807, 2.05) is 22.9 Å². The maximum absolute atomic E-state index is 11.4. The summed E-state index contributed by atoms with van der Waals surface area (Å²) in [5, 5.41) is 8.46. The van der Waals surface area contributed by atoms with Crippen molar-refractivity contribution in [3.8, 4) is 0 Å². The van der Waals surface area contributed by atoms with Crippen LogP contribution >= 0.6 is 0 Å². The van der Waals surface area contributed by atoms with Crippen LogP contribution in [0.1, 0.15) is 10.4 Å². The Kier molecular flexibility index (Phi) is 4.20. The van der Waals surface area contributed by atoms with E-state index in [0.717, 1.165) is 16.6 Å². The van der Waals surface area contributed by atoms with E-state index in [9.17, 15) is 4.79 Å². The van der Waals surface area contributed by atoms with Crippen molar-refractivity contribution in [2.24, 2.45) is 5.73 Å². The van der Waals surface area contributed by atoms with Gasteiger partial charge in [-0.1, -0.05) is 0 Å². The van der Waals surface area contributed by atoms with E-state index in [1.165, 1.54) is 0 Å². The Labute approximate surface area is 133 Å². The quantitative estimate of drug-likeness (QED) is 0.725. The predicted octanol–water partition coefficient (Wildman–Crippen LogP) is 1.92. The number of carbonyl (C=O) groups excluding carboxylic acids is 1. The summed E-state index contributed by atoms with van der Waals surface area (Å²) in [5.74, 6) is -0.0832. The van der Waals surface area contributed by atoms with Crippen LogP contribution in [0.25, 0.3) is 10.9 Å². The number of benzene rings is 1. The molecule has 0 fully saturated rings. The van der Waals surface area contributed by atoms with Crippen molar-refractivity contribution in [1.82, 2.24) is 14.8 Å². The number of primary amides is 1. The number of anilines is 2. The molecule has 2 aromatic heterocycles. The van der Waals surface area contributed by atoms with Gasteiger partial charge in [-0.15, -0.1) is 0 Å². The second-order valence-electron chi connectivity index (χ2n) is 5.02. The molecule has 0 bridgehead atoms. The zero-order valence-corrected chi connectivity index (χ0v) is 12.7. The number of nitrogens with two attached hydrogens (primary N) is 1. The molecule has 0 unspecified atom stereocenters. The van der Waals surface area contributed by atoms with E-state index in [2.05, 4.69) is 15.4 Å². The normalized spacial score (nSPS) is 10.8. The smallest absolute Gasteiger partial charge is 0.252 e. The zero-order chi connectivity index (χ0) is 16.2. The van der Waals surface area contributed by atoms with E-state index in [1.54, 1.807) is 31.6 Å². The first kappa shape index (κ1) is 15.0. The molecule has 23 heavy (non-hydrogen) atoms. The van der Waals surface area contributed by atoms with Crippen molar-refractivity contribution >= 4 is 28.3 Å². The maximum Gasteiger partial charge on any atom is 0.252 e. The molecule has 0 saturated carbocycles. The largest absolute Gasteiger partial charge is 0.383 e. The summed E-state index contributed by atoms with van der Waals surface area (Å²) in [7, 11) is 1.66. The molecule has 0 aliphatic heterocycles. The van der Waals surface area contributed by atoms with Gasteiger partial charge in [0, 0.05) is 24.4 Å². The molecule has 3 N–H and O–H groups in total. The van der Waals surface area contributed by atoms with Gasteiger partial charge in [-0.3, -0.25) is 9.48 Å². The number of ether oxygens (including phenoxy) is 1. The van der Waals surface area contributed by atoms with Crippen molar-refractivity contribution in [3.05, 3.63) is 48.3 Å². The molecular formula is C16H17N5O2. The van der Waals surface area contributed by atoms with Crippen molar-refractivity contribution < 1.29 is 9.53 Å². The minimum absolute atomic E-state index is 0.350. The molecular weight excluding hydrogens is 294 g/mol. The number of methoxy groups -OCH3 is 1. The van der Waals surface area contributed by atoms with E-state index >= 15 is 0 Å². The number of hydrogen-bond acceptors (Lipinski definition) is 5. The number of aromatic nitrogens is 3. The van der Waals surface area contributed by atoms with Gasteiger partial charge in [-0.2, -0.15) is 5.10 Å². The summed E-state index contributed by atoms with van der Waals surface area (Å²) in [6, 6.07) is 9.14. The van der Waals surface area contributed by atoms with Crippen LogP contribution in [0, 0.1) is 0 Å². The fourth-order valence-corrected chi connectivity index (χ4v) is 2.36. The molecule has 0 saturated heterocycles. The molecule has 0 spiro atoms. The number of hydrogen-bond donors (Lipinski definition) is 2. The molecule has 0 aliphatic carbocycles. The van der Waals surface area contributed by atoms with E-state index in [0.29, 0.717) is 24.5 Å². The molecule has 3 rings (SSSR count). The Morgan fingerprint density at radius 1 is 1.39 bits per heavy atom. The van der Waals surface area contributed by atoms with Crippen LogP contribution in [0.4, 0.5) is 11.5 Å². The van der Waals surface area contributed by atoms with Crippen LogP contribution < -0.4 is 11.1 Å². The maximum atomic E-state index is 11.4. The third-order valence-corrected chi connectivity index (χ3v) is 3.48. The van der Waals surface area contributed by atoms with Gasteiger partial charge >= 0.3 is 0 Å². The lowest BCUT2D eigenvalue weighted by atomic mass is 10.2. The molecule has 1 amide bonds. The number of rotatable bonds is 6. The summed E-state index contributed by atoms with van der Waals surface area (Å²) in [4.78, 5) is 15.6. The first-order valence-electron chi connectivity index (χ1n) is 7.15. The third-order valence-electron chi connectivity index (χ3n) is 3.48. The molecule has 0 radical (unpaired) electrons. The minimum Gasteiger partial charge on any atom is -0.383 e. The number of nitrogens with zero attached hydrogens (tertiary/aromatic N) is 3. The molecule has 3 aromatic rings. The highest BCUT2D eigenvalue weighted by Crippen LogP contribution is 2.23. The van der Waals surface area contributed by atoms with Crippen LogP contribution in [0.15, 0.2) is 42.7 Å². The molecule has 0 aliphatic rings. The van der Waals surface area contributed by atoms with Gasteiger partial charge in [0.05, 0.1) is 30.4 Å². The van der Waals surface area contributed by atoms with Gasteiger partial charge in [-0.25, -0.2) is 4.98 Å². The number of carbonyl (C=O) groups is 1. The summed E-state index contributed by atoms with van der Waals surface area (Å²) in [6.45, 7) is 1.30. The lowest BCUT2D eigenvalue weighted by Gasteiger charge is -2.09. The lowest BCUT2D eigenvalue weighted by Crippen LogP contribution is -2.14. The highest BCUT2D eigenvalue weighted by molar-refractivity contribution is 5.98. The fourth-order valence-electron chi connectivity index (χ4n) is 2.36. The van der Waals surface area contributed by atoms with Crippen LogP contribution in [-0.4, -0.2) is 34.4 Å². The second kappa shape index (κ2) is 6.45. The zero-order valence-electron chi connectivity index (χ0n) is 12.7. The van der Waals surface area contributed by atoms with Gasteiger partial charge in [0.15, 0.2) is 0 Å². The Hall–Kier alpha value is -2.93. The first-order valence-corrected chi connectivity index (χ1v) is 7.15. The lowest BCUT2D eigenvalue weighted by molar-refractivity contribution is 0.100. The van der Waals surface area contributed by atoms with Crippen molar-refractivity contribution in [2.45, 2.75) is 6.54 Å². The van der Waals surface area contributed by atoms with Crippen LogP contribution in [0.2, 0.25) is 0 Å². The number of amides is 1. The molecule has 7 nitrogen and oxygen atoms in total. The molecule has 1 aromatic carbocycles. The molecule has 0 atom stereocenters. The van der Waals surface area contributed by atoms with Gasteiger partial charge in [-0.05, 0) is 30.3 Å². The van der Waals surface area contributed by atoms with Gasteiger partial charge in [0.1, 0.15) is 5.82 Å². The highest BCUT2D eigenvalue weighted by Gasteiger charge is 2.10. The summed E-state index contributed by atoms with van der Waals surface area (Å²) in [6.07, 6.45) is 3.40. The predicted molar refractivity (Wildman–Crippen MR) is 87.6 cm³/mol. The van der Waals surface area contributed by atoms with Crippen LogP contribution in [0.5, 0.6) is 0 Å². The van der Waals surface area contributed by atoms with Gasteiger partial charge < -0.3 is 15.8 Å². The Morgan fingerprint density at radius 2 is 2.26 bits per heavy atom. The van der Waals surface area contributed by atoms with E-state index < -0.39 is 5.91 Å². The summed E-state index contributed by atoms with van der Waals surface area (Å²) < 4.78 is 6.96. The topological polar surface area (TPSA) is 95.1 Å². The fraction of sp³-hybridized carbons (Fsp3) is 0.188. The number of nitrogens with one attached hydrogen (secondary N) is 1. The first-order chi connectivity index (χ1) is 11.2. The number of fused-ring (bicyclic) bond motifs is 1.